The highest BCUT2D eigenvalue weighted by atomic mass is 32.1. The Kier molecular flexibility index (Phi) is 4.37. The van der Waals surface area contributed by atoms with Crippen LogP contribution in [0.5, 0.6) is 0 Å². The minimum Gasteiger partial charge on any atom is -0.373 e. The summed E-state index contributed by atoms with van der Waals surface area (Å²) in [6, 6.07) is 8.34. The van der Waals surface area contributed by atoms with Crippen molar-refractivity contribution in [2.45, 2.75) is 44.8 Å². The van der Waals surface area contributed by atoms with E-state index >= 15 is 0 Å². The molecule has 0 radical (unpaired) electrons. The van der Waals surface area contributed by atoms with E-state index in [0.29, 0.717) is 18.9 Å². The van der Waals surface area contributed by atoms with Gasteiger partial charge in [0.15, 0.2) is 0 Å². The molecular weight excluding hydrogens is 320 g/mol. The second-order valence-electron chi connectivity index (χ2n) is 6.70. The van der Waals surface area contributed by atoms with Gasteiger partial charge in [0.25, 0.3) is 0 Å². The molecule has 2 aromatic rings. The molecule has 1 fully saturated rings. The minimum atomic E-state index is -0.132. The second kappa shape index (κ2) is 6.65. The lowest BCUT2D eigenvalue weighted by molar-refractivity contribution is -0.125. The van der Waals surface area contributed by atoms with Crippen molar-refractivity contribution in [3.8, 4) is 0 Å². The molecule has 126 valence electrons. The Balaban J connectivity index is 1.45. The van der Waals surface area contributed by atoms with Crippen molar-refractivity contribution in [2.75, 3.05) is 6.61 Å². The van der Waals surface area contributed by atoms with Crippen molar-refractivity contribution in [1.29, 1.82) is 0 Å². The van der Waals surface area contributed by atoms with Crippen LogP contribution in [0.3, 0.4) is 0 Å². The first-order valence-electron chi connectivity index (χ1n) is 8.62. The normalized spacial score (nSPS) is 21.1. The Hall–Kier alpha value is -1.72. The van der Waals surface area contributed by atoms with Gasteiger partial charge in [-0.3, -0.25) is 4.79 Å². The van der Waals surface area contributed by atoms with Crippen LogP contribution in [0.25, 0.3) is 0 Å². The largest absolute Gasteiger partial charge is 0.373 e. The van der Waals surface area contributed by atoms with Gasteiger partial charge in [0.05, 0.1) is 25.2 Å². The number of nitrogens with one attached hydrogen (secondary N) is 1. The van der Waals surface area contributed by atoms with E-state index in [1.54, 1.807) is 11.3 Å². The van der Waals surface area contributed by atoms with E-state index in [4.69, 9.17) is 4.74 Å². The molecule has 1 aromatic heterocycles. The number of fused-ring (bicyclic) bond motifs is 1. The van der Waals surface area contributed by atoms with Crippen LogP contribution in [0.1, 0.15) is 52.4 Å². The molecule has 2 aliphatic rings. The van der Waals surface area contributed by atoms with E-state index in [2.05, 4.69) is 35.4 Å². The molecule has 1 amide bonds. The SMILES string of the molecule is Cc1cnc([C@H](NC(=O)C[C@H]2OCCc3ccccc32)C2CC2)s1. The number of hydrogen-bond acceptors (Lipinski definition) is 4. The highest BCUT2D eigenvalue weighted by Gasteiger charge is 2.35. The van der Waals surface area contributed by atoms with Crippen LogP contribution in [0.15, 0.2) is 30.5 Å². The Morgan fingerprint density at radius 1 is 1.42 bits per heavy atom. The third-order valence-corrected chi connectivity index (χ3v) is 5.77. The summed E-state index contributed by atoms with van der Waals surface area (Å²) in [5, 5.41) is 4.25. The van der Waals surface area contributed by atoms with Crippen LogP contribution in [-0.4, -0.2) is 17.5 Å². The summed E-state index contributed by atoms with van der Waals surface area (Å²) in [7, 11) is 0. The number of aromatic nitrogens is 1. The van der Waals surface area contributed by atoms with Crippen LogP contribution in [0, 0.1) is 12.8 Å². The van der Waals surface area contributed by atoms with Gasteiger partial charge in [-0.05, 0) is 43.2 Å². The van der Waals surface area contributed by atoms with Crippen molar-refractivity contribution in [2.24, 2.45) is 5.92 Å². The van der Waals surface area contributed by atoms with Crippen molar-refractivity contribution in [1.82, 2.24) is 10.3 Å². The molecule has 0 spiro atoms. The first-order chi connectivity index (χ1) is 11.7. The lowest BCUT2D eigenvalue weighted by atomic mass is 9.95. The number of rotatable bonds is 5. The van der Waals surface area contributed by atoms with Gasteiger partial charge >= 0.3 is 0 Å². The lowest BCUT2D eigenvalue weighted by Crippen LogP contribution is -2.32. The van der Waals surface area contributed by atoms with E-state index in [0.717, 1.165) is 17.0 Å². The molecule has 1 N–H and O–H groups in total. The molecule has 0 saturated heterocycles. The third kappa shape index (κ3) is 3.37. The topological polar surface area (TPSA) is 51.2 Å². The van der Waals surface area contributed by atoms with Crippen molar-refractivity contribution < 1.29 is 9.53 Å². The molecule has 0 bridgehead atoms. The Morgan fingerprint density at radius 3 is 3.00 bits per heavy atom. The number of ether oxygens (including phenoxy) is 1. The molecule has 1 aliphatic carbocycles. The highest BCUT2D eigenvalue weighted by molar-refractivity contribution is 7.11. The number of amides is 1. The van der Waals surface area contributed by atoms with Gasteiger partial charge in [-0.1, -0.05) is 24.3 Å². The fourth-order valence-corrected chi connectivity index (χ4v) is 4.29. The standard InChI is InChI=1S/C19H22N2O2S/c1-12-11-20-19(24-12)18(14-6-7-14)21-17(22)10-16-15-5-3-2-4-13(15)8-9-23-16/h2-5,11,14,16,18H,6-10H2,1H3,(H,21,22)/t16-,18-/m1/s1. The number of aryl methyl sites for hydroxylation is 1. The fourth-order valence-electron chi connectivity index (χ4n) is 3.37. The fraction of sp³-hybridized carbons (Fsp3) is 0.474. The van der Waals surface area contributed by atoms with E-state index in [9.17, 15) is 4.79 Å². The van der Waals surface area contributed by atoms with E-state index in [1.807, 2.05) is 12.3 Å². The van der Waals surface area contributed by atoms with Crippen molar-refractivity contribution in [3.05, 3.63) is 51.5 Å². The quantitative estimate of drug-likeness (QED) is 0.901. The maximum atomic E-state index is 12.6. The average molecular weight is 342 g/mol. The number of thiazole rings is 1. The van der Waals surface area contributed by atoms with Gasteiger partial charge in [0, 0.05) is 11.1 Å². The predicted molar refractivity (Wildman–Crippen MR) is 93.9 cm³/mol. The predicted octanol–water partition coefficient (Wildman–Crippen LogP) is 3.72. The molecule has 4 nitrogen and oxygen atoms in total. The second-order valence-corrected chi connectivity index (χ2v) is 7.97. The highest BCUT2D eigenvalue weighted by Crippen LogP contribution is 2.42. The Labute approximate surface area is 146 Å². The summed E-state index contributed by atoms with van der Waals surface area (Å²) in [5.41, 5.74) is 2.46. The van der Waals surface area contributed by atoms with Crippen LogP contribution in [0.2, 0.25) is 0 Å². The van der Waals surface area contributed by atoms with Gasteiger partial charge in [-0.2, -0.15) is 0 Å². The summed E-state index contributed by atoms with van der Waals surface area (Å²) in [6.45, 7) is 2.74. The summed E-state index contributed by atoms with van der Waals surface area (Å²) in [6.07, 6.45) is 5.41. The van der Waals surface area contributed by atoms with E-state index in [-0.39, 0.29) is 18.1 Å². The zero-order valence-electron chi connectivity index (χ0n) is 13.8. The Morgan fingerprint density at radius 2 is 2.25 bits per heavy atom. The maximum Gasteiger partial charge on any atom is 0.223 e. The first-order valence-corrected chi connectivity index (χ1v) is 9.43. The van der Waals surface area contributed by atoms with Gasteiger partial charge in [0.2, 0.25) is 5.91 Å². The van der Waals surface area contributed by atoms with Gasteiger partial charge in [-0.25, -0.2) is 4.98 Å². The molecule has 2 atom stereocenters. The average Bonchev–Trinajstić information content (AvgIpc) is 3.34. The lowest BCUT2D eigenvalue weighted by Gasteiger charge is -2.26. The van der Waals surface area contributed by atoms with Gasteiger partial charge in [0.1, 0.15) is 5.01 Å². The molecule has 0 unspecified atom stereocenters. The number of carbonyl (C=O) groups is 1. The van der Waals surface area contributed by atoms with Crippen LogP contribution in [-0.2, 0) is 16.0 Å². The van der Waals surface area contributed by atoms with E-state index < -0.39 is 0 Å². The smallest absolute Gasteiger partial charge is 0.223 e. The number of nitrogens with zero attached hydrogens (tertiary/aromatic N) is 1. The van der Waals surface area contributed by atoms with Gasteiger partial charge in [-0.15, -0.1) is 11.3 Å². The minimum absolute atomic E-state index is 0.0569. The van der Waals surface area contributed by atoms with Crippen LogP contribution >= 0.6 is 11.3 Å². The third-order valence-electron chi connectivity index (χ3n) is 4.78. The molecular formula is C19H22N2O2S. The number of hydrogen-bond donors (Lipinski definition) is 1. The number of benzene rings is 1. The first kappa shape index (κ1) is 15.8. The van der Waals surface area contributed by atoms with Crippen LogP contribution < -0.4 is 5.32 Å². The zero-order chi connectivity index (χ0) is 16.5. The molecule has 1 saturated carbocycles. The Bertz CT molecular complexity index is 738. The zero-order valence-corrected chi connectivity index (χ0v) is 14.6. The molecule has 1 aromatic carbocycles. The molecule has 5 heteroatoms. The molecule has 2 heterocycles. The van der Waals surface area contributed by atoms with Gasteiger partial charge < -0.3 is 10.1 Å². The maximum absolute atomic E-state index is 12.6. The number of carbonyl (C=O) groups excluding carboxylic acids is 1. The monoisotopic (exact) mass is 342 g/mol. The molecule has 24 heavy (non-hydrogen) atoms. The molecule has 1 aliphatic heterocycles. The van der Waals surface area contributed by atoms with Crippen molar-refractivity contribution >= 4 is 17.2 Å². The van der Waals surface area contributed by atoms with Crippen molar-refractivity contribution in [3.63, 3.8) is 0 Å². The summed E-state index contributed by atoms with van der Waals surface area (Å²) in [4.78, 5) is 18.3. The molecule has 4 rings (SSSR count). The van der Waals surface area contributed by atoms with E-state index in [1.165, 1.54) is 23.3 Å². The summed E-state index contributed by atoms with van der Waals surface area (Å²) >= 11 is 1.68. The summed E-state index contributed by atoms with van der Waals surface area (Å²) in [5.74, 6) is 0.598. The summed E-state index contributed by atoms with van der Waals surface area (Å²) < 4.78 is 5.87. The van der Waals surface area contributed by atoms with Crippen LogP contribution in [0.4, 0.5) is 0 Å².